The summed E-state index contributed by atoms with van der Waals surface area (Å²) >= 11 is 1.48. The molecule has 0 atom stereocenters. The Labute approximate surface area is 145 Å². The number of carbonyl (C=O) groups excluding carboxylic acids is 1. The second kappa shape index (κ2) is 6.08. The van der Waals surface area contributed by atoms with E-state index in [2.05, 4.69) is 10.3 Å². The number of aryl methyl sites for hydroxylation is 2. The fourth-order valence-corrected chi connectivity index (χ4v) is 4.71. The van der Waals surface area contributed by atoms with Crippen molar-refractivity contribution in [3.8, 4) is 0 Å². The third-order valence-corrected chi connectivity index (χ3v) is 6.35. The number of fused-ring (bicyclic) bond motifs is 1. The number of hydrogen-bond acceptors (Lipinski definition) is 5. The molecule has 2 heterocycles. The standard InChI is InChI=1S/C18H23N3O2S/c1-9-14-10(2)19-16(11-3-4-11)21-18(14)24-15(9)17(23)20-12-5-7-13(22)8-6-12/h11-13,22H,3-8H2,1-2H3,(H,20,23). The molecule has 2 fully saturated rings. The number of carbonyl (C=O) groups is 1. The first-order valence-electron chi connectivity index (χ1n) is 8.79. The van der Waals surface area contributed by atoms with Gasteiger partial charge in [-0.25, -0.2) is 9.97 Å². The van der Waals surface area contributed by atoms with E-state index in [-0.39, 0.29) is 18.1 Å². The average molecular weight is 345 g/mol. The smallest absolute Gasteiger partial charge is 0.261 e. The van der Waals surface area contributed by atoms with Crippen LogP contribution in [-0.4, -0.2) is 33.1 Å². The van der Waals surface area contributed by atoms with Crippen LogP contribution >= 0.6 is 11.3 Å². The molecule has 5 nitrogen and oxygen atoms in total. The average Bonchev–Trinajstić information content (AvgIpc) is 3.34. The van der Waals surface area contributed by atoms with Crippen molar-refractivity contribution in [2.24, 2.45) is 0 Å². The van der Waals surface area contributed by atoms with Gasteiger partial charge in [0.1, 0.15) is 10.7 Å². The predicted octanol–water partition coefficient (Wildman–Crippen LogP) is 3.22. The van der Waals surface area contributed by atoms with E-state index in [0.717, 1.165) is 57.9 Å². The second-order valence-electron chi connectivity index (χ2n) is 7.16. The topological polar surface area (TPSA) is 75.1 Å². The number of aliphatic hydroxyl groups is 1. The number of amides is 1. The molecule has 0 unspecified atom stereocenters. The van der Waals surface area contributed by atoms with Crippen LogP contribution in [0.1, 0.15) is 71.2 Å². The van der Waals surface area contributed by atoms with E-state index >= 15 is 0 Å². The first-order chi connectivity index (χ1) is 11.5. The summed E-state index contributed by atoms with van der Waals surface area (Å²) in [5.74, 6) is 1.44. The third-order valence-electron chi connectivity index (χ3n) is 5.17. The van der Waals surface area contributed by atoms with Crippen LogP contribution in [0.25, 0.3) is 10.2 Å². The lowest BCUT2D eigenvalue weighted by Gasteiger charge is -2.26. The van der Waals surface area contributed by atoms with Crippen molar-refractivity contribution in [3.63, 3.8) is 0 Å². The Kier molecular flexibility index (Phi) is 4.04. The molecular formula is C18H23N3O2S. The van der Waals surface area contributed by atoms with Crippen molar-refractivity contribution in [2.75, 3.05) is 0 Å². The summed E-state index contributed by atoms with van der Waals surface area (Å²) in [5, 5.41) is 13.8. The molecule has 2 aromatic heterocycles. The van der Waals surface area contributed by atoms with Gasteiger partial charge in [-0.1, -0.05) is 0 Å². The third kappa shape index (κ3) is 2.93. The van der Waals surface area contributed by atoms with Crippen molar-refractivity contribution < 1.29 is 9.90 Å². The van der Waals surface area contributed by atoms with Gasteiger partial charge >= 0.3 is 0 Å². The fourth-order valence-electron chi connectivity index (χ4n) is 3.57. The molecule has 0 aliphatic heterocycles. The molecule has 6 heteroatoms. The van der Waals surface area contributed by atoms with E-state index in [0.29, 0.717) is 5.92 Å². The highest BCUT2D eigenvalue weighted by molar-refractivity contribution is 7.20. The lowest BCUT2D eigenvalue weighted by molar-refractivity contribution is 0.0871. The first kappa shape index (κ1) is 16.0. The van der Waals surface area contributed by atoms with E-state index < -0.39 is 0 Å². The van der Waals surface area contributed by atoms with Gasteiger partial charge in [0.25, 0.3) is 5.91 Å². The van der Waals surface area contributed by atoms with Crippen molar-refractivity contribution in [3.05, 3.63) is 22.0 Å². The van der Waals surface area contributed by atoms with Gasteiger partial charge in [0.2, 0.25) is 0 Å². The quantitative estimate of drug-likeness (QED) is 0.896. The lowest BCUT2D eigenvalue weighted by Crippen LogP contribution is -2.38. The minimum absolute atomic E-state index is 0.00994. The Hall–Kier alpha value is -1.53. The molecule has 128 valence electrons. The molecule has 0 saturated heterocycles. The lowest BCUT2D eigenvalue weighted by atomic mass is 9.93. The minimum atomic E-state index is -0.206. The first-order valence-corrected chi connectivity index (χ1v) is 9.61. The number of aliphatic hydroxyl groups excluding tert-OH is 1. The molecule has 2 N–H and O–H groups in total. The van der Waals surface area contributed by atoms with Crippen LogP contribution in [0.4, 0.5) is 0 Å². The molecule has 0 radical (unpaired) electrons. The second-order valence-corrected chi connectivity index (χ2v) is 8.16. The number of aromatic nitrogens is 2. The highest BCUT2D eigenvalue weighted by Crippen LogP contribution is 2.40. The summed E-state index contributed by atoms with van der Waals surface area (Å²) in [6.45, 7) is 4.01. The Morgan fingerprint density at radius 2 is 1.83 bits per heavy atom. The summed E-state index contributed by atoms with van der Waals surface area (Å²) in [6.07, 6.45) is 5.38. The van der Waals surface area contributed by atoms with E-state index in [1.54, 1.807) is 0 Å². The molecule has 2 saturated carbocycles. The van der Waals surface area contributed by atoms with Gasteiger partial charge in [0, 0.05) is 17.3 Å². The van der Waals surface area contributed by atoms with Crippen LogP contribution in [-0.2, 0) is 0 Å². The maximum atomic E-state index is 12.7. The number of nitrogens with one attached hydrogen (secondary N) is 1. The number of hydrogen-bond donors (Lipinski definition) is 2. The number of rotatable bonds is 3. The van der Waals surface area contributed by atoms with E-state index in [9.17, 15) is 9.90 Å². The molecule has 4 rings (SSSR count). The zero-order valence-electron chi connectivity index (χ0n) is 14.1. The largest absolute Gasteiger partial charge is 0.393 e. The van der Waals surface area contributed by atoms with Gasteiger partial charge in [0.15, 0.2) is 0 Å². The van der Waals surface area contributed by atoms with Crippen molar-refractivity contribution in [1.82, 2.24) is 15.3 Å². The summed E-state index contributed by atoms with van der Waals surface area (Å²) in [5.41, 5.74) is 1.97. The van der Waals surface area contributed by atoms with Crippen LogP contribution < -0.4 is 5.32 Å². The van der Waals surface area contributed by atoms with Gasteiger partial charge in [-0.2, -0.15) is 0 Å². The number of thiophene rings is 1. The van der Waals surface area contributed by atoms with Gasteiger partial charge in [-0.3, -0.25) is 4.79 Å². The van der Waals surface area contributed by atoms with Crippen molar-refractivity contribution in [2.45, 2.75) is 70.4 Å². The van der Waals surface area contributed by atoms with Crippen molar-refractivity contribution in [1.29, 1.82) is 0 Å². The Balaban J connectivity index is 1.60. The summed E-state index contributed by atoms with van der Waals surface area (Å²) in [7, 11) is 0. The van der Waals surface area contributed by atoms with Gasteiger partial charge in [0.05, 0.1) is 16.7 Å². The van der Waals surface area contributed by atoms with Gasteiger partial charge in [-0.15, -0.1) is 11.3 Å². The highest BCUT2D eigenvalue weighted by atomic mass is 32.1. The van der Waals surface area contributed by atoms with E-state index in [1.165, 1.54) is 24.2 Å². The molecule has 0 bridgehead atoms. The normalized spacial score (nSPS) is 24.3. The maximum absolute atomic E-state index is 12.7. The van der Waals surface area contributed by atoms with Crippen LogP contribution in [0.5, 0.6) is 0 Å². The SMILES string of the molecule is Cc1nc(C2CC2)nc2sc(C(=O)NC3CCC(O)CC3)c(C)c12. The van der Waals surface area contributed by atoms with Crippen molar-refractivity contribution >= 4 is 27.5 Å². The van der Waals surface area contributed by atoms with Crippen LogP contribution in [0, 0.1) is 13.8 Å². The van der Waals surface area contributed by atoms with Crippen LogP contribution in [0.3, 0.4) is 0 Å². The predicted molar refractivity (Wildman–Crippen MR) is 94.6 cm³/mol. The summed E-state index contributed by atoms with van der Waals surface area (Å²) in [6, 6.07) is 0.166. The fraction of sp³-hybridized carbons (Fsp3) is 0.611. The monoisotopic (exact) mass is 345 g/mol. The van der Waals surface area contributed by atoms with Gasteiger partial charge < -0.3 is 10.4 Å². The Bertz CT molecular complexity index is 789. The Morgan fingerprint density at radius 1 is 1.12 bits per heavy atom. The zero-order chi connectivity index (χ0) is 16.8. The molecule has 0 aromatic carbocycles. The summed E-state index contributed by atoms with van der Waals surface area (Å²) < 4.78 is 0. The van der Waals surface area contributed by atoms with E-state index in [1.807, 2.05) is 13.8 Å². The Morgan fingerprint density at radius 3 is 2.50 bits per heavy atom. The molecular weight excluding hydrogens is 322 g/mol. The molecule has 2 aromatic rings. The number of nitrogens with zero attached hydrogens (tertiary/aromatic N) is 2. The molecule has 2 aliphatic rings. The zero-order valence-corrected chi connectivity index (χ0v) is 14.9. The molecule has 24 heavy (non-hydrogen) atoms. The maximum Gasteiger partial charge on any atom is 0.261 e. The van der Waals surface area contributed by atoms with Crippen LogP contribution in [0.2, 0.25) is 0 Å². The minimum Gasteiger partial charge on any atom is -0.393 e. The van der Waals surface area contributed by atoms with E-state index in [4.69, 9.17) is 4.98 Å². The molecule has 2 aliphatic carbocycles. The van der Waals surface area contributed by atoms with Gasteiger partial charge in [-0.05, 0) is 57.9 Å². The molecule has 1 amide bonds. The summed E-state index contributed by atoms with van der Waals surface area (Å²) in [4.78, 5) is 23.8. The molecule has 0 spiro atoms. The van der Waals surface area contributed by atoms with Crippen LogP contribution in [0.15, 0.2) is 0 Å². The highest BCUT2D eigenvalue weighted by Gasteiger charge is 2.29.